The molecule has 0 saturated carbocycles. The minimum atomic E-state index is -1.67. The number of ether oxygens (including phenoxy) is 1. The van der Waals surface area contributed by atoms with E-state index in [1.54, 1.807) is 30.3 Å². The van der Waals surface area contributed by atoms with Crippen LogP contribution in [0.3, 0.4) is 0 Å². The maximum absolute atomic E-state index is 11.4. The Bertz CT molecular complexity index is 439. The van der Waals surface area contributed by atoms with Crippen LogP contribution in [0.2, 0.25) is 0 Å². The highest BCUT2D eigenvalue weighted by atomic mass is 16.5. The first-order chi connectivity index (χ1) is 8.50. The molecule has 1 unspecified atom stereocenters. The van der Waals surface area contributed by atoms with Crippen molar-refractivity contribution in [2.75, 3.05) is 0 Å². The SMILES string of the molecule is O=C(O)CC(C(=O)O)C(=O)OCc1ccccc1. The minimum absolute atomic E-state index is 0.0803. The van der Waals surface area contributed by atoms with Crippen LogP contribution in [0.15, 0.2) is 30.3 Å². The third-order valence-electron chi connectivity index (χ3n) is 2.19. The molecule has 0 radical (unpaired) electrons. The van der Waals surface area contributed by atoms with Crippen molar-refractivity contribution in [3.8, 4) is 0 Å². The Balaban J connectivity index is 2.57. The van der Waals surface area contributed by atoms with Gasteiger partial charge in [0.2, 0.25) is 0 Å². The quantitative estimate of drug-likeness (QED) is 0.576. The third kappa shape index (κ3) is 4.25. The molecular weight excluding hydrogens is 240 g/mol. The molecule has 1 aromatic carbocycles. The van der Waals surface area contributed by atoms with Gasteiger partial charge in [-0.25, -0.2) is 0 Å². The maximum atomic E-state index is 11.4. The van der Waals surface area contributed by atoms with Crippen LogP contribution >= 0.6 is 0 Å². The van der Waals surface area contributed by atoms with E-state index in [4.69, 9.17) is 14.9 Å². The fourth-order valence-electron chi connectivity index (χ4n) is 1.28. The number of rotatable bonds is 6. The van der Waals surface area contributed by atoms with Crippen LogP contribution in [0.25, 0.3) is 0 Å². The number of carbonyl (C=O) groups excluding carboxylic acids is 1. The molecule has 0 aliphatic carbocycles. The van der Waals surface area contributed by atoms with Gasteiger partial charge < -0.3 is 14.9 Å². The lowest BCUT2D eigenvalue weighted by Crippen LogP contribution is -2.28. The van der Waals surface area contributed by atoms with Gasteiger partial charge >= 0.3 is 17.9 Å². The number of carbonyl (C=O) groups is 3. The van der Waals surface area contributed by atoms with E-state index in [0.717, 1.165) is 0 Å². The van der Waals surface area contributed by atoms with Gasteiger partial charge in [-0.1, -0.05) is 30.3 Å². The molecule has 96 valence electrons. The molecule has 2 N–H and O–H groups in total. The highest BCUT2D eigenvalue weighted by Gasteiger charge is 2.30. The summed E-state index contributed by atoms with van der Waals surface area (Å²) in [5, 5.41) is 17.2. The minimum Gasteiger partial charge on any atom is -0.481 e. The summed E-state index contributed by atoms with van der Waals surface area (Å²) in [7, 11) is 0. The number of esters is 1. The van der Waals surface area contributed by atoms with E-state index >= 15 is 0 Å². The number of carboxylic acid groups (broad SMARTS) is 2. The van der Waals surface area contributed by atoms with Crippen molar-refractivity contribution in [3.05, 3.63) is 35.9 Å². The second-order valence-corrected chi connectivity index (χ2v) is 3.58. The summed E-state index contributed by atoms with van der Waals surface area (Å²) < 4.78 is 4.77. The molecule has 0 aliphatic rings. The second kappa shape index (κ2) is 6.39. The molecule has 0 aliphatic heterocycles. The van der Waals surface area contributed by atoms with E-state index in [0.29, 0.717) is 5.56 Å². The normalized spacial score (nSPS) is 11.6. The molecule has 1 rings (SSSR count). The van der Waals surface area contributed by atoms with E-state index in [-0.39, 0.29) is 6.61 Å². The van der Waals surface area contributed by atoms with Crippen LogP contribution < -0.4 is 0 Å². The van der Waals surface area contributed by atoms with Gasteiger partial charge in [0.1, 0.15) is 6.61 Å². The maximum Gasteiger partial charge on any atom is 0.321 e. The zero-order valence-electron chi connectivity index (χ0n) is 9.41. The Morgan fingerprint density at radius 2 is 1.72 bits per heavy atom. The molecule has 0 fully saturated rings. The molecule has 0 spiro atoms. The van der Waals surface area contributed by atoms with Crippen LogP contribution in [-0.4, -0.2) is 28.1 Å². The molecule has 6 heteroatoms. The summed E-state index contributed by atoms with van der Waals surface area (Å²) >= 11 is 0. The van der Waals surface area contributed by atoms with Crippen LogP contribution in [-0.2, 0) is 25.7 Å². The molecule has 0 bridgehead atoms. The first kappa shape index (κ1) is 13.7. The Hall–Kier alpha value is -2.37. The first-order valence-corrected chi connectivity index (χ1v) is 5.16. The second-order valence-electron chi connectivity index (χ2n) is 3.58. The van der Waals surface area contributed by atoms with Gasteiger partial charge in [-0.15, -0.1) is 0 Å². The van der Waals surface area contributed by atoms with Crippen molar-refractivity contribution in [1.29, 1.82) is 0 Å². The largest absolute Gasteiger partial charge is 0.481 e. The smallest absolute Gasteiger partial charge is 0.321 e. The molecule has 18 heavy (non-hydrogen) atoms. The van der Waals surface area contributed by atoms with Crippen LogP contribution in [0.4, 0.5) is 0 Å². The van der Waals surface area contributed by atoms with Crippen molar-refractivity contribution in [3.63, 3.8) is 0 Å². The fourth-order valence-corrected chi connectivity index (χ4v) is 1.28. The monoisotopic (exact) mass is 252 g/mol. The average Bonchev–Trinajstić information content (AvgIpc) is 2.34. The van der Waals surface area contributed by atoms with E-state index in [1.165, 1.54) is 0 Å². The lowest BCUT2D eigenvalue weighted by molar-refractivity contribution is -0.163. The number of hydrogen-bond acceptors (Lipinski definition) is 4. The number of aliphatic carboxylic acids is 2. The van der Waals surface area contributed by atoms with E-state index < -0.39 is 30.2 Å². The van der Waals surface area contributed by atoms with Gasteiger partial charge in [-0.3, -0.25) is 14.4 Å². The van der Waals surface area contributed by atoms with Gasteiger partial charge in [0, 0.05) is 0 Å². The topological polar surface area (TPSA) is 101 Å². The summed E-state index contributed by atoms with van der Waals surface area (Å²) in [5.74, 6) is -5.59. The third-order valence-corrected chi connectivity index (χ3v) is 2.19. The molecule has 1 aromatic rings. The lowest BCUT2D eigenvalue weighted by Gasteiger charge is -2.10. The van der Waals surface area contributed by atoms with Crippen molar-refractivity contribution in [1.82, 2.24) is 0 Å². The summed E-state index contributed by atoms with van der Waals surface area (Å²) in [4.78, 5) is 32.6. The molecule has 1 atom stereocenters. The summed E-state index contributed by atoms with van der Waals surface area (Å²) in [6.45, 7) is -0.0803. The number of hydrogen-bond donors (Lipinski definition) is 2. The molecule has 6 nitrogen and oxygen atoms in total. The summed E-state index contributed by atoms with van der Waals surface area (Å²) in [6, 6.07) is 8.69. The van der Waals surface area contributed by atoms with Gasteiger partial charge in [0.05, 0.1) is 6.42 Å². The van der Waals surface area contributed by atoms with Gasteiger partial charge in [-0.2, -0.15) is 0 Å². The van der Waals surface area contributed by atoms with Crippen molar-refractivity contribution in [2.24, 2.45) is 5.92 Å². The van der Waals surface area contributed by atoms with E-state index in [1.807, 2.05) is 0 Å². The average molecular weight is 252 g/mol. The standard InChI is InChI=1S/C12H12O6/c13-10(14)6-9(11(15)16)12(17)18-7-8-4-2-1-3-5-8/h1-5,9H,6-7H2,(H,13,14)(H,15,16). The fraction of sp³-hybridized carbons (Fsp3) is 0.250. The molecule has 0 amide bonds. The molecule has 0 heterocycles. The van der Waals surface area contributed by atoms with Crippen LogP contribution in [0, 0.1) is 5.92 Å². The zero-order valence-corrected chi connectivity index (χ0v) is 9.41. The summed E-state index contributed by atoms with van der Waals surface area (Å²) in [5.41, 5.74) is 0.699. The predicted octanol–water partition coefficient (Wildman–Crippen LogP) is 0.905. The zero-order chi connectivity index (χ0) is 13.5. The van der Waals surface area contributed by atoms with Gasteiger partial charge in [0.15, 0.2) is 5.92 Å². The van der Waals surface area contributed by atoms with Crippen LogP contribution in [0.1, 0.15) is 12.0 Å². The molecule has 0 aromatic heterocycles. The lowest BCUT2D eigenvalue weighted by atomic mass is 10.1. The predicted molar refractivity (Wildman–Crippen MR) is 59.6 cm³/mol. The first-order valence-electron chi connectivity index (χ1n) is 5.16. The molecule has 0 saturated heterocycles. The Morgan fingerprint density at radius 1 is 1.11 bits per heavy atom. The van der Waals surface area contributed by atoms with Gasteiger partial charge in [-0.05, 0) is 5.56 Å². The van der Waals surface area contributed by atoms with Gasteiger partial charge in [0.25, 0.3) is 0 Å². The Morgan fingerprint density at radius 3 is 2.22 bits per heavy atom. The van der Waals surface area contributed by atoms with E-state index in [9.17, 15) is 14.4 Å². The summed E-state index contributed by atoms with van der Waals surface area (Å²) in [6.07, 6.45) is -0.789. The highest BCUT2D eigenvalue weighted by molar-refractivity contribution is 5.96. The highest BCUT2D eigenvalue weighted by Crippen LogP contribution is 2.09. The Kier molecular flexibility index (Phi) is 4.86. The van der Waals surface area contributed by atoms with E-state index in [2.05, 4.69) is 0 Å². The van der Waals surface area contributed by atoms with Crippen molar-refractivity contribution in [2.45, 2.75) is 13.0 Å². The van der Waals surface area contributed by atoms with Crippen molar-refractivity contribution >= 4 is 17.9 Å². The van der Waals surface area contributed by atoms with Crippen molar-refractivity contribution < 1.29 is 29.3 Å². The number of benzene rings is 1. The Labute approximate surface area is 103 Å². The molecular formula is C12H12O6. The number of carboxylic acids is 2. The van der Waals surface area contributed by atoms with Crippen LogP contribution in [0.5, 0.6) is 0 Å².